The Labute approximate surface area is 110 Å². The van der Waals surface area contributed by atoms with Crippen LogP contribution in [-0.2, 0) is 4.74 Å². The molecule has 0 fully saturated rings. The molecule has 1 unspecified atom stereocenters. The molecule has 1 aromatic rings. The lowest BCUT2D eigenvalue weighted by molar-refractivity contribution is -0.0337. The van der Waals surface area contributed by atoms with Crippen molar-refractivity contribution in [3.63, 3.8) is 0 Å². The molecule has 1 aliphatic rings. The predicted molar refractivity (Wildman–Crippen MR) is 71.2 cm³/mol. The van der Waals surface area contributed by atoms with Crippen molar-refractivity contribution in [3.8, 4) is 5.75 Å². The maximum absolute atomic E-state index is 6.24. The van der Waals surface area contributed by atoms with Crippen LogP contribution in [0.3, 0.4) is 0 Å². The Balaban J connectivity index is 2.35. The van der Waals surface area contributed by atoms with Crippen LogP contribution in [0, 0.1) is 0 Å². The zero-order valence-corrected chi connectivity index (χ0v) is 11.8. The summed E-state index contributed by atoms with van der Waals surface area (Å²) < 4.78 is 12.4. The van der Waals surface area contributed by atoms with Gasteiger partial charge in [0.1, 0.15) is 11.4 Å². The van der Waals surface area contributed by atoms with Gasteiger partial charge >= 0.3 is 0 Å². The van der Waals surface area contributed by atoms with Gasteiger partial charge in [-0.15, -0.1) is 0 Å². The molecule has 0 aromatic heterocycles. The molecule has 4 heteroatoms. The summed E-state index contributed by atoms with van der Waals surface area (Å²) in [5, 5.41) is 0. The van der Waals surface area contributed by atoms with E-state index >= 15 is 0 Å². The Morgan fingerprint density at radius 2 is 2.35 bits per heavy atom. The predicted octanol–water partition coefficient (Wildman–Crippen LogP) is 3.03. The highest BCUT2D eigenvalue weighted by molar-refractivity contribution is 9.10. The normalized spacial score (nSPS) is 27.4. The Morgan fingerprint density at radius 1 is 1.59 bits per heavy atom. The average molecular weight is 300 g/mol. The number of hydrogen-bond donors (Lipinski definition) is 1. The summed E-state index contributed by atoms with van der Waals surface area (Å²) in [4.78, 5) is 0. The minimum atomic E-state index is -0.283. The first-order valence-electron chi connectivity index (χ1n) is 5.83. The number of hydrogen-bond acceptors (Lipinski definition) is 3. The van der Waals surface area contributed by atoms with E-state index in [-0.39, 0.29) is 11.6 Å². The molecule has 2 rings (SSSR count). The van der Waals surface area contributed by atoms with Crippen LogP contribution in [-0.4, -0.2) is 19.3 Å². The van der Waals surface area contributed by atoms with Gasteiger partial charge in [0.2, 0.25) is 0 Å². The molecule has 0 radical (unpaired) electrons. The zero-order chi connectivity index (χ0) is 12.5. The summed E-state index contributed by atoms with van der Waals surface area (Å²) >= 11 is 3.46. The van der Waals surface area contributed by atoms with Crippen molar-refractivity contribution in [2.75, 3.05) is 13.7 Å². The average Bonchev–Trinajstić information content (AvgIpc) is 2.31. The summed E-state index contributed by atoms with van der Waals surface area (Å²) in [5.41, 5.74) is 7.03. The van der Waals surface area contributed by atoms with Crippen molar-refractivity contribution in [2.45, 2.75) is 31.4 Å². The van der Waals surface area contributed by atoms with Crippen LogP contribution >= 0.6 is 15.9 Å². The Morgan fingerprint density at radius 3 is 3.00 bits per heavy atom. The first kappa shape index (κ1) is 12.9. The van der Waals surface area contributed by atoms with Crippen molar-refractivity contribution >= 4 is 15.9 Å². The fourth-order valence-electron chi connectivity index (χ4n) is 2.36. The highest BCUT2D eigenvalue weighted by Crippen LogP contribution is 2.41. The number of rotatable bonds is 3. The lowest BCUT2D eigenvalue weighted by Gasteiger charge is -2.40. The van der Waals surface area contributed by atoms with Gasteiger partial charge in [-0.25, -0.2) is 0 Å². The van der Waals surface area contributed by atoms with E-state index in [2.05, 4.69) is 22.9 Å². The van der Waals surface area contributed by atoms with E-state index in [1.807, 2.05) is 18.2 Å². The molecule has 0 saturated heterocycles. The van der Waals surface area contributed by atoms with Gasteiger partial charge in [-0.05, 0) is 24.6 Å². The molecule has 1 aromatic carbocycles. The SMILES string of the molecule is CCC1(COC)C[C@@H](N)c2cc(Br)ccc2O1. The maximum atomic E-state index is 6.24. The van der Waals surface area contributed by atoms with Crippen molar-refractivity contribution in [2.24, 2.45) is 5.73 Å². The van der Waals surface area contributed by atoms with Gasteiger partial charge in [-0.1, -0.05) is 22.9 Å². The molecule has 1 heterocycles. The van der Waals surface area contributed by atoms with E-state index in [1.165, 1.54) is 0 Å². The van der Waals surface area contributed by atoms with Crippen LogP contribution in [0.2, 0.25) is 0 Å². The largest absolute Gasteiger partial charge is 0.484 e. The van der Waals surface area contributed by atoms with Gasteiger partial charge in [-0.2, -0.15) is 0 Å². The van der Waals surface area contributed by atoms with Gasteiger partial charge in [0.25, 0.3) is 0 Å². The number of benzene rings is 1. The Bertz CT molecular complexity index is 410. The van der Waals surface area contributed by atoms with Crippen molar-refractivity contribution in [1.29, 1.82) is 0 Å². The van der Waals surface area contributed by atoms with Crippen molar-refractivity contribution < 1.29 is 9.47 Å². The molecule has 0 saturated carbocycles. The maximum Gasteiger partial charge on any atom is 0.134 e. The fourth-order valence-corrected chi connectivity index (χ4v) is 2.74. The third-order valence-electron chi connectivity index (χ3n) is 3.34. The van der Waals surface area contributed by atoms with Gasteiger partial charge in [-0.3, -0.25) is 0 Å². The van der Waals surface area contributed by atoms with E-state index in [0.29, 0.717) is 6.61 Å². The quantitative estimate of drug-likeness (QED) is 0.933. The number of halogens is 1. The zero-order valence-electron chi connectivity index (χ0n) is 10.2. The van der Waals surface area contributed by atoms with Crippen LogP contribution in [0.15, 0.2) is 22.7 Å². The molecule has 0 amide bonds. The van der Waals surface area contributed by atoms with Gasteiger partial charge in [0.05, 0.1) is 6.61 Å². The third kappa shape index (κ3) is 2.49. The molecule has 17 heavy (non-hydrogen) atoms. The third-order valence-corrected chi connectivity index (χ3v) is 3.83. The van der Waals surface area contributed by atoms with E-state index in [0.717, 1.165) is 28.6 Å². The monoisotopic (exact) mass is 299 g/mol. The van der Waals surface area contributed by atoms with Crippen LogP contribution in [0.1, 0.15) is 31.4 Å². The molecule has 2 atom stereocenters. The number of ether oxygens (including phenoxy) is 2. The van der Waals surface area contributed by atoms with Crippen LogP contribution < -0.4 is 10.5 Å². The number of fused-ring (bicyclic) bond motifs is 1. The minimum absolute atomic E-state index is 0.00588. The lowest BCUT2D eigenvalue weighted by Crippen LogP contribution is -2.46. The number of nitrogens with two attached hydrogens (primary N) is 1. The molecular weight excluding hydrogens is 282 g/mol. The van der Waals surface area contributed by atoms with Crippen molar-refractivity contribution in [1.82, 2.24) is 0 Å². The second-order valence-electron chi connectivity index (χ2n) is 4.56. The Hall–Kier alpha value is -0.580. The summed E-state index contributed by atoms with van der Waals surface area (Å²) in [6.07, 6.45) is 1.69. The van der Waals surface area contributed by atoms with E-state index < -0.39 is 0 Å². The van der Waals surface area contributed by atoms with Gasteiger partial charge in [0, 0.05) is 29.6 Å². The van der Waals surface area contributed by atoms with Crippen LogP contribution in [0.4, 0.5) is 0 Å². The van der Waals surface area contributed by atoms with Crippen LogP contribution in [0.5, 0.6) is 5.75 Å². The molecule has 0 bridgehead atoms. The lowest BCUT2D eigenvalue weighted by atomic mass is 9.86. The number of methoxy groups -OCH3 is 1. The molecule has 94 valence electrons. The molecule has 3 nitrogen and oxygen atoms in total. The molecule has 1 aliphatic heterocycles. The topological polar surface area (TPSA) is 44.5 Å². The first-order valence-corrected chi connectivity index (χ1v) is 6.62. The first-order chi connectivity index (χ1) is 8.10. The highest BCUT2D eigenvalue weighted by Gasteiger charge is 2.38. The highest BCUT2D eigenvalue weighted by atomic mass is 79.9. The van der Waals surface area contributed by atoms with E-state index in [4.69, 9.17) is 15.2 Å². The Kier molecular flexibility index (Phi) is 3.76. The van der Waals surface area contributed by atoms with Crippen molar-refractivity contribution in [3.05, 3.63) is 28.2 Å². The molecule has 0 spiro atoms. The fraction of sp³-hybridized carbons (Fsp3) is 0.538. The summed E-state index contributed by atoms with van der Waals surface area (Å²) in [7, 11) is 1.70. The van der Waals surface area contributed by atoms with Gasteiger partial charge < -0.3 is 15.2 Å². The van der Waals surface area contributed by atoms with Gasteiger partial charge in [0.15, 0.2) is 0 Å². The second kappa shape index (κ2) is 4.96. The molecule has 0 aliphatic carbocycles. The standard InChI is InChI=1S/C13H18BrNO2/c1-3-13(8-16-2)7-11(15)10-6-9(14)4-5-12(10)17-13/h4-6,11H,3,7-8,15H2,1-2H3/t11-,13?/m1/s1. The minimum Gasteiger partial charge on any atom is -0.484 e. The summed E-state index contributed by atoms with van der Waals surface area (Å²) in [6, 6.07) is 5.99. The van der Waals surface area contributed by atoms with E-state index in [9.17, 15) is 0 Å². The second-order valence-corrected chi connectivity index (χ2v) is 5.48. The van der Waals surface area contributed by atoms with Crippen LogP contribution in [0.25, 0.3) is 0 Å². The summed E-state index contributed by atoms with van der Waals surface area (Å²) in [5.74, 6) is 0.880. The van der Waals surface area contributed by atoms with E-state index in [1.54, 1.807) is 7.11 Å². The molecular formula is C13H18BrNO2. The smallest absolute Gasteiger partial charge is 0.134 e. The molecule has 2 N–H and O–H groups in total. The summed E-state index contributed by atoms with van der Waals surface area (Å²) in [6.45, 7) is 2.68.